The van der Waals surface area contributed by atoms with Crippen molar-refractivity contribution in [2.75, 3.05) is 5.32 Å². The van der Waals surface area contributed by atoms with Crippen molar-refractivity contribution in [1.29, 1.82) is 0 Å². The molecule has 0 spiro atoms. The maximum Gasteiger partial charge on any atom is 0.347 e. The molecule has 0 heterocycles. The average Bonchev–Trinajstić information content (AvgIpc) is 2.53. The second kappa shape index (κ2) is 10.0. The van der Waals surface area contributed by atoms with Crippen LogP contribution in [-0.2, 0) is 30.5 Å². The quantitative estimate of drug-likeness (QED) is 0.202. The highest BCUT2D eigenvalue weighted by Crippen LogP contribution is 2.20. The van der Waals surface area contributed by atoms with E-state index >= 15 is 0 Å². The lowest BCUT2D eigenvalue weighted by Gasteiger charge is -2.13. The zero-order valence-corrected chi connectivity index (χ0v) is 16.3. The molecule has 0 saturated carbocycles. The van der Waals surface area contributed by atoms with E-state index < -0.39 is 23.5 Å². The Hall–Kier alpha value is -2.10. The molecular weight excluding hydrogens is 441 g/mol. The lowest BCUT2D eigenvalue weighted by Crippen LogP contribution is -2.21. The summed E-state index contributed by atoms with van der Waals surface area (Å²) in [6.45, 7) is 4.84. The molecule has 8 heteroatoms. The van der Waals surface area contributed by atoms with E-state index in [0.717, 1.165) is 9.77 Å². The first kappa shape index (κ1) is 20.9. The molecule has 0 saturated heterocycles. The summed E-state index contributed by atoms with van der Waals surface area (Å²) in [6, 6.07) is 5.29. The van der Waals surface area contributed by atoms with Gasteiger partial charge in [-0.05, 0) is 54.1 Å². The van der Waals surface area contributed by atoms with Crippen molar-refractivity contribution in [2.45, 2.75) is 39.9 Å². The van der Waals surface area contributed by atoms with Crippen LogP contribution in [0.3, 0.4) is 0 Å². The number of carbonyl (C=O) groups excluding carboxylic acids is 2. The normalized spacial score (nSPS) is 12.2. The third kappa shape index (κ3) is 7.12. The molecule has 1 aromatic rings. The largest absolute Gasteiger partial charge is 0.477 e. The highest BCUT2D eigenvalue weighted by molar-refractivity contribution is 14.1. The van der Waals surface area contributed by atoms with Crippen LogP contribution in [0.1, 0.15) is 32.8 Å². The summed E-state index contributed by atoms with van der Waals surface area (Å²) in [5, 5.41) is 12.0. The van der Waals surface area contributed by atoms with Crippen LogP contribution in [0.5, 0.6) is 0 Å². The number of hydrogen-bond acceptors (Lipinski definition) is 6. The fourth-order valence-electron chi connectivity index (χ4n) is 1.69. The first-order valence-electron chi connectivity index (χ1n) is 7.57. The van der Waals surface area contributed by atoms with Crippen LogP contribution < -0.4 is 5.32 Å². The zero-order valence-electron chi connectivity index (χ0n) is 14.2. The molecule has 136 valence electrons. The summed E-state index contributed by atoms with van der Waals surface area (Å²) < 4.78 is 10.9. The summed E-state index contributed by atoms with van der Waals surface area (Å²) in [5.41, 5.74) is 0.660. The minimum Gasteiger partial charge on any atom is -0.477 e. The van der Waals surface area contributed by atoms with Crippen LogP contribution in [-0.4, -0.2) is 29.1 Å². The zero-order chi connectivity index (χ0) is 19.0. The van der Waals surface area contributed by atoms with Gasteiger partial charge in [0.2, 0.25) is 0 Å². The van der Waals surface area contributed by atoms with Crippen molar-refractivity contribution in [3.05, 3.63) is 39.1 Å². The minimum absolute atomic E-state index is 0.0298. The second-order valence-electron chi connectivity index (χ2n) is 5.21. The molecule has 0 aliphatic rings. The molecule has 0 bridgehead atoms. The lowest BCUT2D eigenvalue weighted by atomic mass is 10.2. The van der Waals surface area contributed by atoms with Gasteiger partial charge in [0, 0.05) is 27.9 Å². The maximum absolute atomic E-state index is 11.9. The molecule has 0 radical (unpaired) electrons. The van der Waals surface area contributed by atoms with Crippen molar-refractivity contribution in [2.24, 2.45) is 0 Å². The van der Waals surface area contributed by atoms with E-state index in [4.69, 9.17) is 9.47 Å². The first-order chi connectivity index (χ1) is 11.7. The van der Waals surface area contributed by atoms with E-state index in [2.05, 4.69) is 27.9 Å². The molecule has 1 aromatic carbocycles. The molecule has 0 fully saturated rings. The van der Waals surface area contributed by atoms with E-state index in [-0.39, 0.29) is 12.7 Å². The molecule has 7 nitrogen and oxygen atoms in total. The van der Waals surface area contributed by atoms with E-state index in [1.807, 2.05) is 6.92 Å². The first-order valence-corrected chi connectivity index (χ1v) is 8.65. The number of hydrogen-bond donors (Lipinski definition) is 2. The number of esters is 2. The standard InChI is InChI=1S/C17H20INO6/c1-4-10(2)25-17(23)14(16(21)22)8-19-15-6-5-13(18)7-12(15)9-24-11(3)20/h5-8,10,19H,4,9H2,1-3H3,(H,21,22). The van der Waals surface area contributed by atoms with Gasteiger partial charge in [0.1, 0.15) is 6.61 Å². The fraction of sp³-hybridized carbons (Fsp3) is 0.353. The van der Waals surface area contributed by atoms with Crippen molar-refractivity contribution < 1.29 is 29.0 Å². The van der Waals surface area contributed by atoms with Crippen LogP contribution >= 0.6 is 22.6 Å². The van der Waals surface area contributed by atoms with E-state index in [0.29, 0.717) is 17.7 Å². The Bertz CT molecular complexity index is 686. The van der Waals surface area contributed by atoms with Gasteiger partial charge in [-0.1, -0.05) is 6.92 Å². The van der Waals surface area contributed by atoms with Gasteiger partial charge in [-0.15, -0.1) is 0 Å². The van der Waals surface area contributed by atoms with E-state index in [9.17, 15) is 19.5 Å². The van der Waals surface area contributed by atoms with Gasteiger partial charge in [-0.3, -0.25) is 4.79 Å². The number of benzene rings is 1. The Morgan fingerprint density at radius 3 is 2.60 bits per heavy atom. The number of nitrogens with one attached hydrogen (secondary N) is 1. The third-order valence-corrected chi connectivity index (χ3v) is 3.87. The molecule has 2 N–H and O–H groups in total. The smallest absolute Gasteiger partial charge is 0.347 e. The molecule has 0 aliphatic heterocycles. The minimum atomic E-state index is -1.40. The number of aliphatic carboxylic acids is 1. The maximum atomic E-state index is 11.9. The number of rotatable bonds is 8. The van der Waals surface area contributed by atoms with Crippen LogP contribution in [0.2, 0.25) is 0 Å². The SMILES string of the molecule is CCC(C)OC(=O)C(=CNc1ccc(I)cc1COC(C)=O)C(=O)O. The second-order valence-corrected chi connectivity index (χ2v) is 6.46. The highest BCUT2D eigenvalue weighted by Gasteiger charge is 2.21. The summed E-state index contributed by atoms with van der Waals surface area (Å²) in [5.74, 6) is -2.74. The summed E-state index contributed by atoms with van der Waals surface area (Å²) >= 11 is 2.11. The third-order valence-electron chi connectivity index (χ3n) is 3.20. The average molecular weight is 461 g/mol. The van der Waals surface area contributed by atoms with Gasteiger partial charge < -0.3 is 19.9 Å². The molecule has 1 atom stereocenters. The lowest BCUT2D eigenvalue weighted by molar-refractivity contribution is -0.147. The van der Waals surface area contributed by atoms with Gasteiger partial charge in [0.25, 0.3) is 0 Å². The van der Waals surface area contributed by atoms with Crippen molar-refractivity contribution in [3.8, 4) is 0 Å². The number of ether oxygens (including phenoxy) is 2. The van der Waals surface area contributed by atoms with Crippen molar-refractivity contribution in [3.63, 3.8) is 0 Å². The summed E-state index contributed by atoms with van der Waals surface area (Å²) in [6.07, 6.45) is 1.27. The highest BCUT2D eigenvalue weighted by atomic mass is 127. The number of carbonyl (C=O) groups is 3. The Morgan fingerprint density at radius 2 is 2.04 bits per heavy atom. The number of carboxylic acid groups (broad SMARTS) is 1. The van der Waals surface area contributed by atoms with E-state index in [1.54, 1.807) is 25.1 Å². The van der Waals surface area contributed by atoms with Crippen LogP contribution in [0.15, 0.2) is 30.0 Å². The molecule has 0 amide bonds. The Labute approximate surface area is 159 Å². The molecular formula is C17H20INO6. The Balaban J connectivity index is 3.01. The molecule has 1 unspecified atom stereocenters. The van der Waals surface area contributed by atoms with Crippen molar-refractivity contribution in [1.82, 2.24) is 0 Å². The Kier molecular flexibility index (Phi) is 8.39. The van der Waals surface area contributed by atoms with Crippen LogP contribution in [0, 0.1) is 3.57 Å². The van der Waals surface area contributed by atoms with Gasteiger partial charge in [0.15, 0.2) is 5.57 Å². The fourth-order valence-corrected chi connectivity index (χ4v) is 2.25. The van der Waals surface area contributed by atoms with Crippen molar-refractivity contribution >= 4 is 46.2 Å². The van der Waals surface area contributed by atoms with Gasteiger partial charge in [-0.2, -0.15) is 0 Å². The molecule has 25 heavy (non-hydrogen) atoms. The summed E-state index contributed by atoms with van der Waals surface area (Å²) in [4.78, 5) is 34.2. The van der Waals surface area contributed by atoms with Gasteiger partial charge in [0.05, 0.1) is 6.10 Å². The molecule has 0 aliphatic carbocycles. The molecule has 0 aromatic heterocycles. The number of anilines is 1. The number of carboxylic acids is 1. The van der Waals surface area contributed by atoms with Gasteiger partial charge in [-0.25, -0.2) is 9.59 Å². The Morgan fingerprint density at radius 1 is 1.36 bits per heavy atom. The summed E-state index contributed by atoms with van der Waals surface area (Å²) in [7, 11) is 0. The topological polar surface area (TPSA) is 102 Å². The van der Waals surface area contributed by atoms with E-state index in [1.165, 1.54) is 6.92 Å². The van der Waals surface area contributed by atoms with Crippen LogP contribution in [0.25, 0.3) is 0 Å². The number of halogens is 1. The van der Waals surface area contributed by atoms with Crippen LogP contribution in [0.4, 0.5) is 5.69 Å². The van der Waals surface area contributed by atoms with Gasteiger partial charge >= 0.3 is 17.9 Å². The predicted octanol–water partition coefficient (Wildman–Crippen LogP) is 3.08. The molecule has 1 rings (SSSR count). The predicted molar refractivity (Wildman–Crippen MR) is 99.8 cm³/mol. The monoisotopic (exact) mass is 461 g/mol.